The molecule has 1 fully saturated rings. The van der Waals surface area contributed by atoms with Gasteiger partial charge in [-0.2, -0.15) is 0 Å². The lowest BCUT2D eigenvalue weighted by Gasteiger charge is -2.39. The second-order valence-electron chi connectivity index (χ2n) is 4.47. The Kier molecular flexibility index (Phi) is 3.40. The van der Waals surface area contributed by atoms with Crippen LogP contribution in [0.3, 0.4) is 0 Å². The Hall–Kier alpha value is -1.46. The van der Waals surface area contributed by atoms with E-state index >= 15 is 0 Å². The van der Waals surface area contributed by atoms with Crippen LogP contribution in [0, 0.1) is 10.1 Å². The molecule has 5 nitrogen and oxygen atoms in total. The number of rotatable bonds is 4. The van der Waals surface area contributed by atoms with E-state index < -0.39 is 0 Å². The van der Waals surface area contributed by atoms with Crippen LogP contribution in [0.5, 0.6) is 0 Å². The van der Waals surface area contributed by atoms with E-state index in [0.717, 1.165) is 18.7 Å². The first kappa shape index (κ1) is 12.0. The van der Waals surface area contributed by atoms with Crippen LogP contribution >= 0.6 is 0 Å². The number of nitrogens with zero attached hydrogens (tertiary/aromatic N) is 2. The van der Waals surface area contributed by atoms with Gasteiger partial charge in [0.1, 0.15) is 0 Å². The van der Waals surface area contributed by atoms with Gasteiger partial charge in [-0.3, -0.25) is 15.0 Å². The first-order valence-electron chi connectivity index (χ1n) is 5.77. The quantitative estimate of drug-likeness (QED) is 0.635. The summed E-state index contributed by atoms with van der Waals surface area (Å²) in [7, 11) is 2.02. The molecule has 0 aliphatic carbocycles. The van der Waals surface area contributed by atoms with E-state index in [1.807, 2.05) is 26.1 Å². The number of nitro groups is 1. The van der Waals surface area contributed by atoms with E-state index in [4.69, 9.17) is 0 Å². The molecule has 0 spiro atoms. The number of likely N-dealkylation sites (N-methyl/N-ethyl adjacent to an activating group) is 1. The lowest BCUT2D eigenvalue weighted by Crippen LogP contribution is -2.56. The van der Waals surface area contributed by atoms with Gasteiger partial charge in [0.05, 0.1) is 4.92 Å². The highest BCUT2D eigenvalue weighted by Crippen LogP contribution is 2.29. The summed E-state index contributed by atoms with van der Waals surface area (Å²) in [5, 5.41) is 14.2. The molecule has 2 rings (SSSR count). The van der Waals surface area contributed by atoms with E-state index in [9.17, 15) is 10.1 Å². The summed E-state index contributed by atoms with van der Waals surface area (Å²) in [6.07, 6.45) is 0. The number of nitro benzene ring substituents is 1. The summed E-state index contributed by atoms with van der Waals surface area (Å²) >= 11 is 0. The molecule has 1 atom stereocenters. The number of hydrogen-bond donors (Lipinski definition) is 1. The van der Waals surface area contributed by atoms with E-state index in [0.29, 0.717) is 6.04 Å². The van der Waals surface area contributed by atoms with E-state index in [2.05, 4.69) is 10.2 Å². The molecule has 0 aromatic heterocycles. The monoisotopic (exact) mass is 235 g/mol. The zero-order chi connectivity index (χ0) is 12.4. The molecule has 1 unspecified atom stereocenters. The number of nitrogens with one attached hydrogen (secondary N) is 1. The van der Waals surface area contributed by atoms with Crippen molar-refractivity contribution in [3.63, 3.8) is 0 Å². The minimum absolute atomic E-state index is 0.0590. The van der Waals surface area contributed by atoms with Crippen molar-refractivity contribution in [2.24, 2.45) is 0 Å². The maximum Gasteiger partial charge on any atom is 0.274 e. The number of para-hydroxylation sites is 1. The maximum absolute atomic E-state index is 11.0. The Bertz CT molecular complexity index is 418. The van der Waals surface area contributed by atoms with Crippen LogP contribution in [0.1, 0.15) is 18.5 Å². The molecule has 1 aliphatic heterocycles. The molecular weight excluding hydrogens is 218 g/mol. The predicted molar refractivity (Wildman–Crippen MR) is 65.9 cm³/mol. The van der Waals surface area contributed by atoms with Gasteiger partial charge in [0.25, 0.3) is 5.69 Å². The van der Waals surface area contributed by atoms with Crippen LogP contribution in [0.25, 0.3) is 0 Å². The molecule has 0 bridgehead atoms. The van der Waals surface area contributed by atoms with Crippen LogP contribution in [0.15, 0.2) is 24.3 Å². The highest BCUT2D eigenvalue weighted by molar-refractivity contribution is 5.41. The highest BCUT2D eigenvalue weighted by Gasteiger charge is 2.28. The fourth-order valence-corrected chi connectivity index (χ4v) is 2.10. The van der Waals surface area contributed by atoms with Crippen molar-refractivity contribution in [2.75, 3.05) is 20.1 Å². The normalized spacial score (nSPS) is 17.8. The van der Waals surface area contributed by atoms with Gasteiger partial charge in [-0.15, -0.1) is 0 Å². The van der Waals surface area contributed by atoms with Gasteiger partial charge in [-0.1, -0.05) is 18.2 Å². The zero-order valence-electron chi connectivity index (χ0n) is 10.1. The molecule has 92 valence electrons. The van der Waals surface area contributed by atoms with Gasteiger partial charge in [-0.05, 0) is 14.0 Å². The Morgan fingerprint density at radius 3 is 2.65 bits per heavy atom. The summed E-state index contributed by atoms with van der Waals surface area (Å²) in [5.74, 6) is 0. The molecule has 5 heteroatoms. The number of hydrogen-bond acceptors (Lipinski definition) is 4. The largest absolute Gasteiger partial charge is 0.314 e. The summed E-state index contributed by atoms with van der Waals surface area (Å²) in [5.41, 5.74) is 0.992. The Balaban J connectivity index is 2.23. The summed E-state index contributed by atoms with van der Waals surface area (Å²) in [4.78, 5) is 12.9. The lowest BCUT2D eigenvalue weighted by atomic mass is 10.0. The van der Waals surface area contributed by atoms with E-state index in [-0.39, 0.29) is 16.7 Å². The third-order valence-electron chi connectivity index (χ3n) is 3.53. The average Bonchev–Trinajstić information content (AvgIpc) is 2.25. The van der Waals surface area contributed by atoms with Crippen molar-refractivity contribution in [2.45, 2.75) is 19.0 Å². The molecule has 0 amide bonds. The highest BCUT2D eigenvalue weighted by atomic mass is 16.6. The van der Waals surface area contributed by atoms with Gasteiger partial charge >= 0.3 is 0 Å². The second-order valence-corrected chi connectivity index (χ2v) is 4.47. The molecule has 1 aromatic rings. The minimum Gasteiger partial charge on any atom is -0.314 e. The smallest absolute Gasteiger partial charge is 0.274 e. The number of benzene rings is 1. The van der Waals surface area contributed by atoms with E-state index in [1.165, 1.54) is 0 Å². The molecular formula is C12H17N3O2. The fraction of sp³-hybridized carbons (Fsp3) is 0.500. The summed E-state index contributed by atoms with van der Waals surface area (Å²) < 4.78 is 0. The third kappa shape index (κ3) is 2.30. The minimum atomic E-state index is -0.307. The summed E-state index contributed by atoms with van der Waals surface area (Å²) in [6.45, 7) is 3.93. The van der Waals surface area contributed by atoms with Gasteiger partial charge < -0.3 is 5.32 Å². The Morgan fingerprint density at radius 1 is 1.47 bits per heavy atom. The third-order valence-corrected chi connectivity index (χ3v) is 3.53. The zero-order valence-corrected chi connectivity index (χ0v) is 10.1. The van der Waals surface area contributed by atoms with Crippen molar-refractivity contribution in [1.29, 1.82) is 0 Å². The van der Waals surface area contributed by atoms with Crippen molar-refractivity contribution in [3.8, 4) is 0 Å². The Morgan fingerprint density at radius 2 is 2.12 bits per heavy atom. The van der Waals surface area contributed by atoms with Crippen LogP contribution in [-0.2, 0) is 0 Å². The lowest BCUT2D eigenvalue weighted by molar-refractivity contribution is -0.386. The molecule has 0 radical (unpaired) electrons. The van der Waals surface area contributed by atoms with Crippen LogP contribution in [-0.4, -0.2) is 36.0 Å². The van der Waals surface area contributed by atoms with Gasteiger partial charge in [0, 0.05) is 36.8 Å². The maximum atomic E-state index is 11.0. The standard InChI is InChI=1S/C12H17N3O2/c1-9(14(2)10-7-13-8-10)11-5-3-4-6-12(11)15(16)17/h3-6,9-10,13H,7-8H2,1-2H3. The van der Waals surface area contributed by atoms with Crippen molar-refractivity contribution in [1.82, 2.24) is 10.2 Å². The topological polar surface area (TPSA) is 58.4 Å². The van der Waals surface area contributed by atoms with Crippen LogP contribution < -0.4 is 5.32 Å². The molecule has 1 saturated heterocycles. The average molecular weight is 235 g/mol. The summed E-state index contributed by atoms with van der Waals surface area (Å²) in [6, 6.07) is 7.50. The van der Waals surface area contributed by atoms with Gasteiger partial charge in [-0.25, -0.2) is 0 Å². The molecule has 17 heavy (non-hydrogen) atoms. The van der Waals surface area contributed by atoms with Crippen molar-refractivity contribution >= 4 is 5.69 Å². The Labute approximate surface area is 101 Å². The van der Waals surface area contributed by atoms with Crippen LogP contribution in [0.2, 0.25) is 0 Å². The van der Waals surface area contributed by atoms with Gasteiger partial charge in [0.15, 0.2) is 0 Å². The molecule has 0 saturated carbocycles. The van der Waals surface area contributed by atoms with Crippen molar-refractivity contribution < 1.29 is 4.92 Å². The first-order chi connectivity index (χ1) is 8.11. The van der Waals surface area contributed by atoms with Crippen molar-refractivity contribution in [3.05, 3.63) is 39.9 Å². The molecule has 1 aliphatic rings. The van der Waals surface area contributed by atoms with Gasteiger partial charge in [0.2, 0.25) is 0 Å². The molecule has 1 N–H and O–H groups in total. The first-order valence-corrected chi connectivity index (χ1v) is 5.77. The molecule has 1 aromatic carbocycles. The van der Waals surface area contributed by atoms with E-state index in [1.54, 1.807) is 12.1 Å². The molecule has 1 heterocycles. The SMILES string of the molecule is CC(c1ccccc1[N+](=O)[O-])N(C)C1CNC1. The van der Waals surface area contributed by atoms with Crippen LogP contribution in [0.4, 0.5) is 5.69 Å². The fourth-order valence-electron chi connectivity index (χ4n) is 2.10. The second kappa shape index (κ2) is 4.81. The predicted octanol–water partition coefficient (Wildman–Crippen LogP) is 1.56.